The second-order valence-corrected chi connectivity index (χ2v) is 8.39. The normalized spacial score (nSPS) is 25.0. The molecule has 0 bridgehead atoms. The van der Waals surface area contributed by atoms with E-state index in [1.165, 1.54) is 4.90 Å². The maximum atomic E-state index is 12.3. The molecule has 28 heavy (non-hydrogen) atoms. The van der Waals surface area contributed by atoms with Crippen LogP contribution in [0.4, 0.5) is 10.5 Å². The van der Waals surface area contributed by atoms with Crippen molar-refractivity contribution in [2.75, 3.05) is 37.6 Å². The Hall–Kier alpha value is -2.12. The lowest BCUT2D eigenvalue weighted by molar-refractivity contribution is -0.121. The van der Waals surface area contributed by atoms with Gasteiger partial charge in [-0.3, -0.25) is 19.8 Å². The maximum absolute atomic E-state index is 12.3. The Morgan fingerprint density at radius 2 is 1.93 bits per heavy atom. The molecule has 3 aliphatic rings. The predicted molar refractivity (Wildman–Crippen MR) is 106 cm³/mol. The van der Waals surface area contributed by atoms with E-state index in [1.54, 1.807) is 0 Å². The predicted octanol–water partition coefficient (Wildman–Crippen LogP) is 2.10. The monoisotopic (exact) mass is 404 g/mol. The lowest BCUT2D eigenvalue weighted by atomic mass is 9.62. The Balaban J connectivity index is 1.69. The molecule has 0 saturated carbocycles. The largest absolute Gasteiger partial charge is 0.345 e. The van der Waals surface area contributed by atoms with Gasteiger partial charge in [0.2, 0.25) is 12.3 Å². The van der Waals surface area contributed by atoms with E-state index in [2.05, 4.69) is 10.6 Å². The number of carbonyl (C=O) groups excluding carboxylic acids is 3. The van der Waals surface area contributed by atoms with Gasteiger partial charge in [0.25, 0.3) is 0 Å². The van der Waals surface area contributed by atoms with E-state index in [-0.39, 0.29) is 23.7 Å². The number of carbonyl (C=O) groups is 3. The fraction of sp³-hybridized carbons (Fsp3) is 0.550. The first kappa shape index (κ1) is 19.2. The maximum Gasteiger partial charge on any atom is 0.328 e. The average Bonchev–Trinajstić information content (AvgIpc) is 2.70. The molecule has 0 aliphatic carbocycles. The summed E-state index contributed by atoms with van der Waals surface area (Å²) in [5.41, 5.74) is 1.87. The summed E-state index contributed by atoms with van der Waals surface area (Å²) in [7, 11) is 0. The first-order chi connectivity index (χ1) is 13.5. The van der Waals surface area contributed by atoms with E-state index in [9.17, 15) is 14.4 Å². The van der Waals surface area contributed by atoms with Gasteiger partial charge in [-0.05, 0) is 55.5 Å². The number of hydrogen-bond donors (Lipinski definition) is 2. The summed E-state index contributed by atoms with van der Waals surface area (Å²) >= 11 is 6.42. The van der Waals surface area contributed by atoms with Crippen molar-refractivity contribution in [3.63, 3.8) is 0 Å². The topological polar surface area (TPSA) is 81.8 Å². The first-order valence-electron chi connectivity index (χ1n) is 9.83. The highest BCUT2D eigenvalue weighted by molar-refractivity contribution is 6.34. The zero-order valence-electron chi connectivity index (χ0n) is 15.7. The summed E-state index contributed by atoms with van der Waals surface area (Å²) in [6.07, 6.45) is 4.31. The second kappa shape index (κ2) is 7.72. The fourth-order valence-electron chi connectivity index (χ4n) is 4.89. The van der Waals surface area contributed by atoms with Gasteiger partial charge in [0, 0.05) is 32.0 Å². The summed E-state index contributed by atoms with van der Waals surface area (Å²) in [5, 5.41) is 6.27. The van der Waals surface area contributed by atoms with Gasteiger partial charge in [-0.2, -0.15) is 0 Å². The number of benzene rings is 1. The van der Waals surface area contributed by atoms with Crippen molar-refractivity contribution >= 4 is 35.6 Å². The Morgan fingerprint density at radius 1 is 1.14 bits per heavy atom. The van der Waals surface area contributed by atoms with Gasteiger partial charge in [-0.25, -0.2) is 4.79 Å². The molecule has 2 N–H and O–H groups in total. The summed E-state index contributed by atoms with van der Waals surface area (Å²) in [6.45, 7) is 3.74. The molecule has 7 nitrogen and oxygen atoms in total. The minimum absolute atomic E-state index is 0.149. The van der Waals surface area contributed by atoms with Crippen LogP contribution in [-0.4, -0.2) is 56.0 Å². The van der Waals surface area contributed by atoms with Crippen LogP contribution in [0.5, 0.6) is 0 Å². The van der Waals surface area contributed by atoms with Gasteiger partial charge >= 0.3 is 6.03 Å². The number of anilines is 1. The number of piperidine rings is 2. The molecule has 0 aromatic heterocycles. The van der Waals surface area contributed by atoms with Crippen LogP contribution in [-0.2, 0) is 9.59 Å². The van der Waals surface area contributed by atoms with Crippen LogP contribution >= 0.6 is 11.6 Å². The minimum Gasteiger partial charge on any atom is -0.345 e. The zero-order valence-corrected chi connectivity index (χ0v) is 16.5. The molecular weight excluding hydrogens is 380 g/mol. The molecule has 1 spiro atoms. The molecule has 4 amide bonds. The molecule has 3 saturated heterocycles. The van der Waals surface area contributed by atoms with E-state index in [0.29, 0.717) is 23.8 Å². The number of halogens is 1. The van der Waals surface area contributed by atoms with Crippen LogP contribution in [0.1, 0.15) is 37.2 Å². The number of urea groups is 1. The van der Waals surface area contributed by atoms with E-state index >= 15 is 0 Å². The highest BCUT2D eigenvalue weighted by atomic mass is 35.5. The van der Waals surface area contributed by atoms with Crippen molar-refractivity contribution in [2.45, 2.75) is 31.6 Å². The Kier molecular flexibility index (Phi) is 5.29. The van der Waals surface area contributed by atoms with Crippen molar-refractivity contribution < 1.29 is 14.4 Å². The molecule has 1 aromatic carbocycles. The number of likely N-dealkylation sites (tertiary alicyclic amines) is 1. The minimum atomic E-state index is -0.440. The summed E-state index contributed by atoms with van der Waals surface area (Å²) < 4.78 is 0. The molecule has 3 aliphatic heterocycles. The summed E-state index contributed by atoms with van der Waals surface area (Å²) in [4.78, 5) is 38.6. The molecular formula is C20H25ClN4O3. The molecule has 150 valence electrons. The SMILES string of the molecule is O=CN1CCC2(CCNCC2)C(c2ccc(Cl)c(N3CCC(=O)NC3=O)c2)C1. The third kappa shape index (κ3) is 3.49. The Bertz CT molecular complexity index is 794. The molecule has 0 radical (unpaired) electrons. The van der Waals surface area contributed by atoms with Crippen molar-refractivity contribution in [3.8, 4) is 0 Å². The van der Waals surface area contributed by atoms with E-state index in [4.69, 9.17) is 11.6 Å². The lowest BCUT2D eigenvalue weighted by Gasteiger charge is -2.50. The van der Waals surface area contributed by atoms with Crippen LogP contribution in [0.15, 0.2) is 18.2 Å². The first-order valence-corrected chi connectivity index (χ1v) is 10.2. The Morgan fingerprint density at radius 3 is 2.64 bits per heavy atom. The summed E-state index contributed by atoms with van der Waals surface area (Å²) in [6, 6.07) is 5.37. The van der Waals surface area contributed by atoms with E-state index < -0.39 is 6.03 Å². The van der Waals surface area contributed by atoms with Crippen LogP contribution in [0, 0.1) is 5.41 Å². The number of imide groups is 1. The van der Waals surface area contributed by atoms with Gasteiger partial charge < -0.3 is 10.2 Å². The highest BCUT2D eigenvalue weighted by Gasteiger charge is 2.44. The molecule has 1 unspecified atom stereocenters. The number of hydrogen-bond acceptors (Lipinski definition) is 4. The van der Waals surface area contributed by atoms with Crippen molar-refractivity contribution in [1.29, 1.82) is 0 Å². The number of amides is 4. The van der Waals surface area contributed by atoms with Crippen LogP contribution in [0.2, 0.25) is 5.02 Å². The van der Waals surface area contributed by atoms with Gasteiger partial charge in [0.15, 0.2) is 0 Å². The van der Waals surface area contributed by atoms with Crippen molar-refractivity contribution in [2.24, 2.45) is 5.41 Å². The Labute approximate surface area is 169 Å². The van der Waals surface area contributed by atoms with Crippen LogP contribution in [0.3, 0.4) is 0 Å². The molecule has 4 rings (SSSR count). The smallest absolute Gasteiger partial charge is 0.328 e. The second-order valence-electron chi connectivity index (χ2n) is 7.98. The van der Waals surface area contributed by atoms with Crippen LogP contribution in [0.25, 0.3) is 0 Å². The van der Waals surface area contributed by atoms with Gasteiger partial charge in [-0.15, -0.1) is 0 Å². The standard InChI is InChI=1S/C20H25ClN4O3/c21-16-2-1-14(11-17(16)25-9-3-18(27)23-19(25)28)15-12-24(13-26)10-6-20(15)4-7-22-8-5-20/h1-2,11,13,15,22H,3-10,12H2,(H,23,27,28). The summed E-state index contributed by atoms with van der Waals surface area (Å²) in [5.74, 6) is -0.0739. The third-order valence-electron chi connectivity index (χ3n) is 6.52. The van der Waals surface area contributed by atoms with Gasteiger partial charge in [0.05, 0.1) is 10.7 Å². The molecule has 1 aromatic rings. The van der Waals surface area contributed by atoms with Gasteiger partial charge in [0.1, 0.15) is 0 Å². The third-order valence-corrected chi connectivity index (χ3v) is 6.84. The molecule has 3 heterocycles. The van der Waals surface area contributed by atoms with Crippen molar-refractivity contribution in [1.82, 2.24) is 15.5 Å². The van der Waals surface area contributed by atoms with E-state index in [1.807, 2.05) is 23.1 Å². The number of rotatable bonds is 3. The number of nitrogens with zero attached hydrogens (tertiary/aromatic N) is 2. The molecule has 3 fully saturated rings. The molecule has 1 atom stereocenters. The van der Waals surface area contributed by atoms with E-state index in [0.717, 1.165) is 50.9 Å². The highest BCUT2D eigenvalue weighted by Crippen LogP contribution is 2.49. The fourth-order valence-corrected chi connectivity index (χ4v) is 5.10. The average molecular weight is 405 g/mol. The van der Waals surface area contributed by atoms with Crippen molar-refractivity contribution in [3.05, 3.63) is 28.8 Å². The molecule has 8 heteroatoms. The van der Waals surface area contributed by atoms with Gasteiger partial charge in [-0.1, -0.05) is 17.7 Å². The lowest BCUT2D eigenvalue weighted by Crippen LogP contribution is -2.50. The quantitative estimate of drug-likeness (QED) is 0.756. The zero-order chi connectivity index (χ0) is 19.7. The number of nitrogens with one attached hydrogen (secondary N) is 2. The van der Waals surface area contributed by atoms with Crippen LogP contribution < -0.4 is 15.5 Å².